The first-order chi connectivity index (χ1) is 8.70. The minimum atomic E-state index is 0.220. The van der Waals surface area contributed by atoms with Crippen LogP contribution in [0, 0.1) is 6.92 Å². The Hall–Kier alpha value is -1.59. The van der Waals surface area contributed by atoms with Gasteiger partial charge >= 0.3 is 0 Å². The van der Waals surface area contributed by atoms with Crippen molar-refractivity contribution in [1.82, 2.24) is 4.90 Å². The van der Waals surface area contributed by atoms with Gasteiger partial charge in [-0.2, -0.15) is 5.10 Å². The highest BCUT2D eigenvalue weighted by Crippen LogP contribution is 2.19. The number of phenols is 1. The first-order valence-corrected chi connectivity index (χ1v) is 6.07. The van der Waals surface area contributed by atoms with Crippen LogP contribution >= 0.6 is 0 Å². The number of hydrazone groups is 1. The molecule has 0 spiro atoms. The number of hydrogen-bond acceptors (Lipinski definition) is 5. The number of aromatic hydroxyl groups is 1. The summed E-state index contributed by atoms with van der Waals surface area (Å²) in [5.41, 5.74) is 2.49. The van der Waals surface area contributed by atoms with Crippen molar-refractivity contribution in [3.63, 3.8) is 0 Å². The Morgan fingerprint density at radius 3 is 2.83 bits per heavy atom. The van der Waals surface area contributed by atoms with Gasteiger partial charge < -0.3 is 15.7 Å². The Balaban J connectivity index is 2.15. The molecule has 2 rings (SSSR count). The van der Waals surface area contributed by atoms with E-state index in [1.165, 1.54) is 0 Å². The monoisotopic (exact) mass is 249 g/mol. The maximum Gasteiger partial charge on any atom is 0.124 e. The number of benzene rings is 1. The summed E-state index contributed by atoms with van der Waals surface area (Å²) in [6, 6.07) is 5.44. The average Bonchev–Trinajstić information content (AvgIpc) is 2.40. The van der Waals surface area contributed by atoms with Crippen molar-refractivity contribution in [2.24, 2.45) is 10.9 Å². The minimum absolute atomic E-state index is 0.220. The van der Waals surface area contributed by atoms with Gasteiger partial charge in [0.05, 0.1) is 18.9 Å². The Morgan fingerprint density at radius 2 is 2.17 bits per heavy atom. The van der Waals surface area contributed by atoms with Crippen LogP contribution in [0.1, 0.15) is 11.1 Å². The molecule has 1 saturated heterocycles. The molecular formula is C13H19N3O2. The Labute approximate surface area is 107 Å². The predicted molar refractivity (Wildman–Crippen MR) is 70.8 cm³/mol. The normalized spacial score (nSPS) is 17.9. The van der Waals surface area contributed by atoms with Crippen LogP contribution in [-0.4, -0.2) is 48.6 Å². The molecule has 0 aliphatic carbocycles. The number of morpholine rings is 1. The molecule has 0 aromatic heterocycles. The molecule has 1 aromatic rings. The molecule has 1 fully saturated rings. The van der Waals surface area contributed by atoms with Crippen LogP contribution in [-0.2, 0) is 4.74 Å². The van der Waals surface area contributed by atoms with Crippen molar-refractivity contribution < 1.29 is 9.84 Å². The SMILES string of the molecule is Cc1ccc(O)c(/C(CN2CCOCC2)=N\N)c1. The highest BCUT2D eigenvalue weighted by molar-refractivity contribution is 6.04. The summed E-state index contributed by atoms with van der Waals surface area (Å²) in [6.45, 7) is 5.81. The van der Waals surface area contributed by atoms with E-state index in [9.17, 15) is 5.11 Å². The zero-order valence-corrected chi connectivity index (χ0v) is 10.6. The summed E-state index contributed by atoms with van der Waals surface area (Å²) < 4.78 is 5.30. The molecule has 98 valence electrons. The molecule has 0 radical (unpaired) electrons. The lowest BCUT2D eigenvalue weighted by atomic mass is 10.1. The van der Waals surface area contributed by atoms with Gasteiger partial charge in [-0.1, -0.05) is 11.6 Å². The third-order valence-corrected chi connectivity index (χ3v) is 3.10. The van der Waals surface area contributed by atoms with Crippen molar-refractivity contribution in [3.05, 3.63) is 29.3 Å². The molecule has 1 aliphatic heterocycles. The molecule has 18 heavy (non-hydrogen) atoms. The van der Waals surface area contributed by atoms with E-state index in [-0.39, 0.29) is 5.75 Å². The lowest BCUT2D eigenvalue weighted by molar-refractivity contribution is 0.0453. The van der Waals surface area contributed by atoms with E-state index in [1.54, 1.807) is 6.07 Å². The first kappa shape index (κ1) is 12.9. The minimum Gasteiger partial charge on any atom is -0.507 e. The van der Waals surface area contributed by atoms with Gasteiger partial charge in [0.25, 0.3) is 0 Å². The summed E-state index contributed by atoms with van der Waals surface area (Å²) in [7, 11) is 0. The summed E-state index contributed by atoms with van der Waals surface area (Å²) in [5, 5.41) is 13.7. The first-order valence-electron chi connectivity index (χ1n) is 6.07. The van der Waals surface area contributed by atoms with Crippen molar-refractivity contribution in [1.29, 1.82) is 0 Å². The maximum atomic E-state index is 9.89. The fourth-order valence-corrected chi connectivity index (χ4v) is 2.05. The molecule has 5 heteroatoms. The van der Waals surface area contributed by atoms with E-state index in [4.69, 9.17) is 10.6 Å². The van der Waals surface area contributed by atoms with Crippen molar-refractivity contribution >= 4 is 5.71 Å². The molecule has 0 bridgehead atoms. The number of nitrogens with zero attached hydrogens (tertiary/aromatic N) is 2. The molecule has 1 heterocycles. The van der Waals surface area contributed by atoms with Gasteiger partial charge in [0.2, 0.25) is 0 Å². The molecule has 0 atom stereocenters. The lowest BCUT2D eigenvalue weighted by Gasteiger charge is -2.27. The van der Waals surface area contributed by atoms with Gasteiger partial charge in [-0.05, 0) is 19.1 Å². The predicted octanol–water partition coefficient (Wildman–Crippen LogP) is 0.696. The lowest BCUT2D eigenvalue weighted by Crippen LogP contribution is -2.40. The van der Waals surface area contributed by atoms with Gasteiger partial charge in [0.15, 0.2) is 0 Å². The van der Waals surface area contributed by atoms with Crippen molar-refractivity contribution in [2.75, 3.05) is 32.8 Å². The standard InChI is InChI=1S/C13H19N3O2/c1-10-2-3-13(17)11(8-10)12(15-14)9-16-4-6-18-7-5-16/h2-3,8,17H,4-7,9,14H2,1H3/b15-12-. The van der Waals surface area contributed by atoms with E-state index in [0.717, 1.165) is 31.9 Å². The summed E-state index contributed by atoms with van der Waals surface area (Å²) >= 11 is 0. The van der Waals surface area contributed by atoms with E-state index >= 15 is 0 Å². The van der Waals surface area contributed by atoms with Crippen LogP contribution in [0.5, 0.6) is 5.75 Å². The third-order valence-electron chi connectivity index (χ3n) is 3.10. The molecule has 5 nitrogen and oxygen atoms in total. The van der Waals surface area contributed by atoms with Crippen LogP contribution in [0.15, 0.2) is 23.3 Å². The number of phenolic OH excluding ortho intramolecular Hbond substituents is 1. The second kappa shape index (κ2) is 5.84. The summed E-state index contributed by atoms with van der Waals surface area (Å²) in [5.74, 6) is 5.68. The van der Waals surface area contributed by atoms with Gasteiger partial charge in [-0.15, -0.1) is 0 Å². The molecule has 3 N–H and O–H groups in total. The fourth-order valence-electron chi connectivity index (χ4n) is 2.05. The van der Waals surface area contributed by atoms with Crippen molar-refractivity contribution in [2.45, 2.75) is 6.92 Å². The number of aryl methyl sites for hydroxylation is 1. The van der Waals surface area contributed by atoms with Crippen LogP contribution < -0.4 is 5.84 Å². The highest BCUT2D eigenvalue weighted by Gasteiger charge is 2.16. The van der Waals surface area contributed by atoms with E-state index in [1.807, 2.05) is 19.1 Å². The zero-order valence-electron chi connectivity index (χ0n) is 10.6. The smallest absolute Gasteiger partial charge is 0.124 e. The van der Waals surface area contributed by atoms with E-state index in [0.29, 0.717) is 17.8 Å². The summed E-state index contributed by atoms with van der Waals surface area (Å²) in [4.78, 5) is 2.22. The largest absolute Gasteiger partial charge is 0.507 e. The molecule has 1 aromatic carbocycles. The maximum absolute atomic E-state index is 9.89. The number of rotatable bonds is 3. The Morgan fingerprint density at radius 1 is 1.44 bits per heavy atom. The molecule has 1 aliphatic rings. The van der Waals surface area contributed by atoms with Gasteiger partial charge in [0, 0.05) is 25.2 Å². The van der Waals surface area contributed by atoms with Gasteiger partial charge in [0.1, 0.15) is 5.75 Å². The summed E-state index contributed by atoms with van der Waals surface area (Å²) in [6.07, 6.45) is 0. The molecule has 0 unspecified atom stereocenters. The van der Waals surface area contributed by atoms with Crippen LogP contribution in [0.2, 0.25) is 0 Å². The van der Waals surface area contributed by atoms with Gasteiger partial charge in [-0.3, -0.25) is 4.90 Å². The molecule has 0 amide bonds. The van der Waals surface area contributed by atoms with Crippen LogP contribution in [0.25, 0.3) is 0 Å². The fraction of sp³-hybridized carbons (Fsp3) is 0.462. The number of ether oxygens (including phenoxy) is 1. The molecular weight excluding hydrogens is 230 g/mol. The highest BCUT2D eigenvalue weighted by atomic mass is 16.5. The second-order valence-corrected chi connectivity index (χ2v) is 4.48. The Bertz CT molecular complexity index is 440. The zero-order chi connectivity index (χ0) is 13.0. The van der Waals surface area contributed by atoms with Crippen molar-refractivity contribution in [3.8, 4) is 5.75 Å². The van der Waals surface area contributed by atoms with Gasteiger partial charge in [-0.25, -0.2) is 0 Å². The Kier molecular flexibility index (Phi) is 4.17. The van der Waals surface area contributed by atoms with E-state index in [2.05, 4.69) is 10.0 Å². The topological polar surface area (TPSA) is 71.1 Å². The second-order valence-electron chi connectivity index (χ2n) is 4.48. The van der Waals surface area contributed by atoms with Crippen LogP contribution in [0.4, 0.5) is 0 Å². The average molecular weight is 249 g/mol. The quantitative estimate of drug-likeness (QED) is 0.470. The number of nitrogens with two attached hydrogens (primary N) is 1. The number of hydrogen-bond donors (Lipinski definition) is 2. The van der Waals surface area contributed by atoms with Crippen LogP contribution in [0.3, 0.4) is 0 Å². The third kappa shape index (κ3) is 3.00. The van der Waals surface area contributed by atoms with E-state index < -0.39 is 0 Å². The molecule has 0 saturated carbocycles.